The number of anilines is 1. The van der Waals surface area contributed by atoms with Crippen LogP contribution in [0.15, 0.2) is 48.2 Å². The summed E-state index contributed by atoms with van der Waals surface area (Å²) in [6, 6.07) is 12.6. The summed E-state index contributed by atoms with van der Waals surface area (Å²) in [5, 5.41) is 3.66. The third-order valence-electron chi connectivity index (χ3n) is 4.36. The average molecular weight is 385 g/mol. The molecule has 2 amide bonds. The van der Waals surface area contributed by atoms with E-state index in [4.69, 9.17) is 16.3 Å². The molecule has 3 rings (SSSR count). The minimum absolute atomic E-state index is 0.245. The standard InChI is InChI=1S/C21H21ClN2O3/c1-4-11-27-16-9-6-14(7-10-16)18-19(21(26)24(3)20(18)25)23-17-12-15(22)8-5-13(17)2/h5-10,12,23H,4,11H2,1-3H3. The van der Waals surface area contributed by atoms with Crippen LogP contribution in [0.2, 0.25) is 5.02 Å². The lowest BCUT2D eigenvalue weighted by molar-refractivity contribution is -0.135. The number of rotatable bonds is 6. The zero-order valence-corrected chi connectivity index (χ0v) is 16.3. The van der Waals surface area contributed by atoms with Crippen molar-refractivity contribution >= 4 is 34.7 Å². The van der Waals surface area contributed by atoms with Crippen LogP contribution in [-0.2, 0) is 9.59 Å². The Kier molecular flexibility index (Phi) is 5.51. The summed E-state index contributed by atoms with van der Waals surface area (Å²) < 4.78 is 5.58. The van der Waals surface area contributed by atoms with Crippen molar-refractivity contribution in [3.63, 3.8) is 0 Å². The molecule has 140 valence electrons. The monoisotopic (exact) mass is 384 g/mol. The van der Waals surface area contributed by atoms with Crippen molar-refractivity contribution < 1.29 is 14.3 Å². The third-order valence-corrected chi connectivity index (χ3v) is 4.60. The van der Waals surface area contributed by atoms with Gasteiger partial charge in [-0.2, -0.15) is 0 Å². The van der Waals surface area contributed by atoms with Crippen LogP contribution < -0.4 is 10.1 Å². The number of ether oxygens (including phenoxy) is 1. The van der Waals surface area contributed by atoms with Gasteiger partial charge in [0.15, 0.2) is 0 Å². The summed E-state index contributed by atoms with van der Waals surface area (Å²) in [5.41, 5.74) is 2.85. The van der Waals surface area contributed by atoms with Crippen molar-refractivity contribution in [2.24, 2.45) is 0 Å². The lowest BCUT2D eigenvalue weighted by atomic mass is 10.0. The van der Waals surface area contributed by atoms with Gasteiger partial charge in [-0.3, -0.25) is 14.5 Å². The molecule has 1 heterocycles. The van der Waals surface area contributed by atoms with Crippen LogP contribution >= 0.6 is 11.6 Å². The van der Waals surface area contributed by atoms with E-state index in [1.54, 1.807) is 36.4 Å². The summed E-state index contributed by atoms with van der Waals surface area (Å²) in [6.45, 7) is 4.57. The van der Waals surface area contributed by atoms with E-state index in [-0.39, 0.29) is 17.5 Å². The Balaban J connectivity index is 2.00. The molecule has 0 radical (unpaired) electrons. The first-order valence-corrected chi connectivity index (χ1v) is 9.13. The molecule has 6 heteroatoms. The Morgan fingerprint density at radius 1 is 1.07 bits per heavy atom. The molecule has 27 heavy (non-hydrogen) atoms. The van der Waals surface area contributed by atoms with E-state index in [2.05, 4.69) is 5.32 Å². The maximum Gasteiger partial charge on any atom is 0.277 e. The van der Waals surface area contributed by atoms with E-state index in [0.717, 1.165) is 22.6 Å². The zero-order chi connectivity index (χ0) is 19.6. The van der Waals surface area contributed by atoms with Crippen molar-refractivity contribution in [3.05, 3.63) is 64.3 Å². The molecule has 0 spiro atoms. The average Bonchev–Trinajstić information content (AvgIpc) is 2.87. The summed E-state index contributed by atoms with van der Waals surface area (Å²) in [4.78, 5) is 26.4. The highest BCUT2D eigenvalue weighted by Crippen LogP contribution is 2.32. The van der Waals surface area contributed by atoms with Gasteiger partial charge in [-0.05, 0) is 48.7 Å². The van der Waals surface area contributed by atoms with Crippen LogP contribution in [0.1, 0.15) is 24.5 Å². The fourth-order valence-corrected chi connectivity index (χ4v) is 3.00. The van der Waals surface area contributed by atoms with Crippen LogP contribution in [0.5, 0.6) is 5.75 Å². The Labute approximate surface area is 163 Å². The normalized spacial score (nSPS) is 14.1. The van der Waals surface area contributed by atoms with Gasteiger partial charge >= 0.3 is 0 Å². The van der Waals surface area contributed by atoms with Gasteiger partial charge in [0, 0.05) is 17.8 Å². The lowest BCUT2D eigenvalue weighted by Crippen LogP contribution is -2.28. The van der Waals surface area contributed by atoms with E-state index in [9.17, 15) is 9.59 Å². The first kappa shape index (κ1) is 19.0. The number of benzene rings is 2. The van der Waals surface area contributed by atoms with Crippen molar-refractivity contribution in [3.8, 4) is 5.75 Å². The molecule has 0 unspecified atom stereocenters. The molecule has 0 saturated carbocycles. The van der Waals surface area contributed by atoms with Crippen LogP contribution in [0.25, 0.3) is 5.57 Å². The second kappa shape index (κ2) is 7.84. The number of hydrogen-bond acceptors (Lipinski definition) is 4. The Morgan fingerprint density at radius 2 is 1.78 bits per heavy atom. The molecule has 0 aromatic heterocycles. The number of halogens is 1. The molecule has 1 aliphatic rings. The summed E-state index contributed by atoms with van der Waals surface area (Å²) in [7, 11) is 1.48. The molecule has 0 saturated heterocycles. The van der Waals surface area contributed by atoms with Crippen LogP contribution in [0, 0.1) is 6.92 Å². The number of likely N-dealkylation sites (N-methyl/N-ethyl adjacent to an activating group) is 1. The number of nitrogens with zero attached hydrogens (tertiary/aromatic N) is 1. The van der Waals surface area contributed by atoms with Gasteiger partial charge in [-0.1, -0.05) is 36.7 Å². The number of nitrogens with one attached hydrogen (secondary N) is 1. The van der Waals surface area contributed by atoms with Crippen molar-refractivity contribution in [1.82, 2.24) is 4.90 Å². The maximum absolute atomic E-state index is 12.7. The fraction of sp³-hybridized carbons (Fsp3) is 0.238. The molecule has 5 nitrogen and oxygen atoms in total. The molecular formula is C21H21ClN2O3. The van der Waals surface area contributed by atoms with Crippen molar-refractivity contribution in [1.29, 1.82) is 0 Å². The highest BCUT2D eigenvalue weighted by atomic mass is 35.5. The quantitative estimate of drug-likeness (QED) is 0.756. The number of aryl methyl sites for hydroxylation is 1. The number of imide groups is 1. The van der Waals surface area contributed by atoms with Crippen LogP contribution in [-0.4, -0.2) is 30.4 Å². The van der Waals surface area contributed by atoms with Gasteiger partial charge in [-0.15, -0.1) is 0 Å². The highest BCUT2D eigenvalue weighted by Gasteiger charge is 2.36. The summed E-state index contributed by atoms with van der Waals surface area (Å²) in [6.07, 6.45) is 0.914. The van der Waals surface area contributed by atoms with Crippen LogP contribution in [0.3, 0.4) is 0 Å². The smallest absolute Gasteiger partial charge is 0.277 e. The predicted octanol–water partition coefficient (Wildman–Crippen LogP) is 4.26. The second-order valence-electron chi connectivity index (χ2n) is 6.38. The van der Waals surface area contributed by atoms with Gasteiger partial charge in [0.05, 0.1) is 12.2 Å². The van der Waals surface area contributed by atoms with Gasteiger partial charge in [-0.25, -0.2) is 0 Å². The van der Waals surface area contributed by atoms with Crippen LogP contribution in [0.4, 0.5) is 5.69 Å². The Morgan fingerprint density at radius 3 is 2.44 bits per heavy atom. The predicted molar refractivity (Wildman–Crippen MR) is 107 cm³/mol. The van der Waals surface area contributed by atoms with E-state index < -0.39 is 0 Å². The molecule has 2 aromatic carbocycles. The first-order valence-electron chi connectivity index (χ1n) is 8.75. The minimum atomic E-state index is -0.374. The zero-order valence-electron chi connectivity index (χ0n) is 15.5. The maximum atomic E-state index is 12.7. The van der Waals surface area contributed by atoms with E-state index in [1.165, 1.54) is 7.05 Å². The number of amides is 2. The van der Waals surface area contributed by atoms with Gasteiger partial charge in [0.1, 0.15) is 11.4 Å². The molecule has 0 fully saturated rings. The molecule has 1 N–H and O–H groups in total. The molecule has 2 aromatic rings. The Bertz CT molecular complexity index is 920. The van der Waals surface area contributed by atoms with Gasteiger partial charge < -0.3 is 10.1 Å². The fourth-order valence-electron chi connectivity index (χ4n) is 2.83. The molecule has 0 bridgehead atoms. The summed E-state index contributed by atoms with van der Waals surface area (Å²) >= 11 is 6.08. The highest BCUT2D eigenvalue weighted by molar-refractivity contribution is 6.36. The lowest BCUT2D eigenvalue weighted by Gasteiger charge is -2.12. The second-order valence-corrected chi connectivity index (χ2v) is 6.81. The number of carbonyl (C=O) groups excluding carboxylic acids is 2. The number of hydrogen-bond donors (Lipinski definition) is 1. The van der Waals surface area contributed by atoms with Gasteiger partial charge in [0.2, 0.25) is 0 Å². The Hall–Kier alpha value is -2.79. The molecule has 0 aliphatic carbocycles. The van der Waals surface area contributed by atoms with Crippen molar-refractivity contribution in [2.75, 3.05) is 19.0 Å². The van der Waals surface area contributed by atoms with E-state index in [0.29, 0.717) is 28.5 Å². The molecule has 0 atom stereocenters. The molecule has 1 aliphatic heterocycles. The largest absolute Gasteiger partial charge is 0.494 e. The topological polar surface area (TPSA) is 58.6 Å². The number of carbonyl (C=O) groups is 2. The minimum Gasteiger partial charge on any atom is -0.494 e. The molecular weight excluding hydrogens is 364 g/mol. The van der Waals surface area contributed by atoms with E-state index in [1.807, 2.05) is 19.9 Å². The first-order chi connectivity index (χ1) is 12.9. The van der Waals surface area contributed by atoms with E-state index >= 15 is 0 Å². The van der Waals surface area contributed by atoms with Crippen molar-refractivity contribution in [2.45, 2.75) is 20.3 Å². The van der Waals surface area contributed by atoms with Gasteiger partial charge in [0.25, 0.3) is 11.8 Å². The summed E-state index contributed by atoms with van der Waals surface area (Å²) in [5.74, 6) is 0.0108. The SMILES string of the molecule is CCCOc1ccc(C2=C(Nc3cc(Cl)ccc3C)C(=O)N(C)C2=O)cc1. The third kappa shape index (κ3) is 3.83.